The second-order valence-corrected chi connectivity index (χ2v) is 11.0. The molecule has 1 aromatic heterocycles. The highest BCUT2D eigenvalue weighted by molar-refractivity contribution is 8.01. The van der Waals surface area contributed by atoms with E-state index in [1.54, 1.807) is 11.8 Å². The highest BCUT2D eigenvalue weighted by atomic mass is 35.5. The minimum atomic E-state index is -3.76. The molecule has 0 aliphatic carbocycles. The van der Waals surface area contributed by atoms with E-state index in [1.165, 1.54) is 29.5 Å². The Labute approximate surface area is 176 Å². The van der Waals surface area contributed by atoms with Crippen molar-refractivity contribution in [2.75, 3.05) is 28.2 Å². The second kappa shape index (κ2) is 9.42. The third-order valence-corrected chi connectivity index (χ3v) is 7.14. The Balaban J connectivity index is 2.12. The molecule has 1 N–H and O–H groups in total. The molecule has 0 saturated heterocycles. The summed E-state index contributed by atoms with van der Waals surface area (Å²) in [7, 11) is -3.76. The quantitative estimate of drug-likeness (QED) is 0.464. The predicted octanol–water partition coefficient (Wildman–Crippen LogP) is 4.00. The van der Waals surface area contributed by atoms with Gasteiger partial charge in [0, 0.05) is 10.8 Å². The molecule has 1 aromatic carbocycles. The van der Waals surface area contributed by atoms with Crippen LogP contribution in [0.4, 0.5) is 10.8 Å². The molecule has 0 aliphatic rings. The van der Waals surface area contributed by atoms with Gasteiger partial charge in [0.1, 0.15) is 6.54 Å². The molecule has 0 spiro atoms. The van der Waals surface area contributed by atoms with Crippen LogP contribution in [0.5, 0.6) is 0 Å². The Bertz CT molecular complexity index is 919. The minimum Gasteiger partial charge on any atom is -0.299 e. The van der Waals surface area contributed by atoms with Gasteiger partial charge in [-0.05, 0) is 24.1 Å². The second-order valence-electron chi connectivity index (χ2n) is 5.99. The zero-order chi connectivity index (χ0) is 20.2. The largest absolute Gasteiger partial charge is 0.299 e. The summed E-state index contributed by atoms with van der Waals surface area (Å²) in [5.41, 5.74) is 0.132. The first-order chi connectivity index (χ1) is 12.6. The van der Waals surface area contributed by atoms with E-state index in [-0.39, 0.29) is 10.7 Å². The van der Waals surface area contributed by atoms with Gasteiger partial charge in [0.15, 0.2) is 4.34 Å². The van der Waals surface area contributed by atoms with Gasteiger partial charge in [-0.3, -0.25) is 14.4 Å². The standard InChI is InChI=1S/C15H18Cl2N4O3S3/c1-9(2)8-25-15-20-19-14(26-15)18-13(22)7-21(27(3,23)24)12-6-10(16)4-5-11(12)17/h4-6,9H,7-8H2,1-3H3,(H,18,19,22). The lowest BCUT2D eigenvalue weighted by atomic mass is 10.3. The summed E-state index contributed by atoms with van der Waals surface area (Å²) < 4.78 is 25.9. The third kappa shape index (κ3) is 6.79. The van der Waals surface area contributed by atoms with Gasteiger partial charge >= 0.3 is 0 Å². The molecule has 0 bridgehead atoms. The van der Waals surface area contributed by atoms with Crippen molar-refractivity contribution in [3.05, 3.63) is 28.2 Å². The average molecular weight is 469 g/mol. The van der Waals surface area contributed by atoms with Gasteiger partial charge in [0.05, 0.1) is 17.0 Å². The molecule has 0 saturated carbocycles. The number of nitrogens with one attached hydrogen (secondary N) is 1. The summed E-state index contributed by atoms with van der Waals surface area (Å²) in [6.45, 7) is 3.72. The van der Waals surface area contributed by atoms with Gasteiger partial charge in [-0.2, -0.15) is 0 Å². The van der Waals surface area contributed by atoms with Gasteiger partial charge in [0.25, 0.3) is 0 Å². The van der Waals surface area contributed by atoms with Crippen molar-refractivity contribution < 1.29 is 13.2 Å². The van der Waals surface area contributed by atoms with E-state index < -0.39 is 22.5 Å². The van der Waals surface area contributed by atoms with Crippen LogP contribution in [0.25, 0.3) is 0 Å². The van der Waals surface area contributed by atoms with Gasteiger partial charge in [-0.25, -0.2) is 8.42 Å². The Morgan fingerprint density at radius 3 is 2.67 bits per heavy atom. The Morgan fingerprint density at radius 1 is 1.33 bits per heavy atom. The van der Waals surface area contributed by atoms with Gasteiger partial charge < -0.3 is 0 Å². The zero-order valence-corrected chi connectivity index (χ0v) is 18.7. The number of anilines is 2. The molecule has 0 radical (unpaired) electrons. The van der Waals surface area contributed by atoms with Crippen molar-refractivity contribution in [3.8, 4) is 0 Å². The van der Waals surface area contributed by atoms with Crippen LogP contribution in [0.3, 0.4) is 0 Å². The number of halogens is 2. The monoisotopic (exact) mass is 468 g/mol. The van der Waals surface area contributed by atoms with Crippen molar-refractivity contribution in [2.24, 2.45) is 5.92 Å². The van der Waals surface area contributed by atoms with Crippen LogP contribution in [0.2, 0.25) is 10.0 Å². The van der Waals surface area contributed by atoms with Crippen LogP contribution in [0.1, 0.15) is 13.8 Å². The normalized spacial score (nSPS) is 11.6. The maximum Gasteiger partial charge on any atom is 0.246 e. The molecule has 7 nitrogen and oxygen atoms in total. The van der Waals surface area contributed by atoms with Gasteiger partial charge in [-0.15, -0.1) is 10.2 Å². The minimum absolute atomic E-state index is 0.132. The Kier molecular flexibility index (Phi) is 7.75. The summed E-state index contributed by atoms with van der Waals surface area (Å²) in [5.74, 6) is 0.827. The molecule has 1 amide bonds. The van der Waals surface area contributed by atoms with Crippen molar-refractivity contribution in [1.29, 1.82) is 0 Å². The number of hydrogen-bond donors (Lipinski definition) is 1. The Morgan fingerprint density at radius 2 is 2.04 bits per heavy atom. The van der Waals surface area contributed by atoms with Crippen molar-refractivity contribution in [1.82, 2.24) is 10.2 Å². The van der Waals surface area contributed by atoms with Crippen molar-refractivity contribution >= 4 is 73.0 Å². The number of sulfonamides is 1. The number of carbonyl (C=O) groups excluding carboxylic acids is 1. The van der Waals surface area contributed by atoms with Crippen LogP contribution in [-0.2, 0) is 14.8 Å². The lowest BCUT2D eigenvalue weighted by Crippen LogP contribution is -2.37. The summed E-state index contributed by atoms with van der Waals surface area (Å²) in [6.07, 6.45) is 0.989. The molecule has 1 heterocycles. The topological polar surface area (TPSA) is 92.3 Å². The first-order valence-electron chi connectivity index (χ1n) is 7.75. The van der Waals surface area contributed by atoms with Crippen molar-refractivity contribution in [3.63, 3.8) is 0 Å². The summed E-state index contributed by atoms with van der Waals surface area (Å²) >= 11 is 14.8. The van der Waals surface area contributed by atoms with Crippen LogP contribution >= 0.6 is 46.3 Å². The number of amides is 1. The molecule has 27 heavy (non-hydrogen) atoms. The fourth-order valence-electron chi connectivity index (χ4n) is 1.90. The fraction of sp³-hybridized carbons (Fsp3) is 0.400. The zero-order valence-electron chi connectivity index (χ0n) is 14.8. The first-order valence-corrected chi connectivity index (χ1v) is 12.2. The molecule has 12 heteroatoms. The van der Waals surface area contributed by atoms with Crippen LogP contribution in [0.15, 0.2) is 22.5 Å². The molecule has 2 aromatic rings. The van der Waals surface area contributed by atoms with Crippen molar-refractivity contribution in [2.45, 2.75) is 18.2 Å². The van der Waals surface area contributed by atoms with E-state index in [2.05, 4.69) is 29.4 Å². The molecular formula is C15H18Cl2N4O3S3. The third-order valence-electron chi connectivity index (χ3n) is 3.06. The highest BCUT2D eigenvalue weighted by Crippen LogP contribution is 2.31. The molecule has 0 atom stereocenters. The van der Waals surface area contributed by atoms with E-state index >= 15 is 0 Å². The first kappa shape index (κ1) is 22.2. The predicted molar refractivity (Wildman–Crippen MR) is 113 cm³/mol. The molecule has 148 valence electrons. The molecular weight excluding hydrogens is 451 g/mol. The van der Waals surface area contributed by atoms with Crippen LogP contribution in [-0.4, -0.2) is 43.1 Å². The number of aromatic nitrogens is 2. The maximum atomic E-state index is 12.4. The SMILES string of the molecule is CC(C)CSc1nnc(NC(=O)CN(c2cc(Cl)ccc2Cl)S(C)(=O)=O)s1. The molecule has 0 unspecified atom stereocenters. The number of thioether (sulfide) groups is 1. The number of hydrogen-bond acceptors (Lipinski definition) is 7. The average Bonchev–Trinajstić information content (AvgIpc) is 2.99. The number of nitrogens with zero attached hydrogens (tertiary/aromatic N) is 3. The lowest BCUT2D eigenvalue weighted by Gasteiger charge is -2.22. The number of rotatable bonds is 8. The lowest BCUT2D eigenvalue weighted by molar-refractivity contribution is -0.114. The van der Waals surface area contributed by atoms with E-state index in [1.807, 2.05) is 0 Å². The van der Waals surface area contributed by atoms with E-state index in [9.17, 15) is 13.2 Å². The maximum absolute atomic E-state index is 12.4. The Hall–Kier alpha value is -1.07. The summed E-state index contributed by atoms with van der Waals surface area (Å²) in [5, 5.41) is 11.2. The van der Waals surface area contributed by atoms with Crippen LogP contribution < -0.4 is 9.62 Å². The smallest absolute Gasteiger partial charge is 0.246 e. The van der Waals surface area contributed by atoms with Crippen LogP contribution in [0, 0.1) is 5.92 Å². The number of benzene rings is 1. The van der Waals surface area contributed by atoms with Gasteiger partial charge in [-0.1, -0.05) is 60.1 Å². The fourth-order valence-corrected chi connectivity index (χ4v) is 4.94. The van der Waals surface area contributed by atoms with E-state index in [0.717, 1.165) is 20.7 Å². The summed E-state index contributed by atoms with van der Waals surface area (Å²) in [4.78, 5) is 12.4. The number of carbonyl (C=O) groups is 1. The molecule has 0 aliphatic heterocycles. The van der Waals surface area contributed by atoms with E-state index in [4.69, 9.17) is 23.2 Å². The molecule has 0 fully saturated rings. The van der Waals surface area contributed by atoms with Gasteiger partial charge in [0.2, 0.25) is 21.1 Å². The summed E-state index contributed by atoms with van der Waals surface area (Å²) in [6, 6.07) is 4.40. The molecule has 2 rings (SSSR count). The highest BCUT2D eigenvalue weighted by Gasteiger charge is 2.24. The van der Waals surface area contributed by atoms with E-state index in [0.29, 0.717) is 16.1 Å².